The third-order valence-corrected chi connectivity index (χ3v) is 3.63. The van der Waals surface area contributed by atoms with E-state index in [2.05, 4.69) is 11.4 Å². The summed E-state index contributed by atoms with van der Waals surface area (Å²) in [6.45, 7) is 2.56. The Morgan fingerprint density at radius 1 is 1.39 bits per heavy atom. The standard InChI is InChI=1S/C14H17FN2S/c1-10(16)14-12(15)4-3-5-13(14)17(2)8-11-6-7-18-9-11/h3-7,9-10H,8,16H2,1-2H3. The van der Waals surface area contributed by atoms with E-state index in [1.165, 1.54) is 11.6 Å². The monoisotopic (exact) mass is 264 g/mol. The zero-order chi connectivity index (χ0) is 13.1. The Balaban J connectivity index is 2.29. The van der Waals surface area contributed by atoms with Crippen molar-refractivity contribution in [3.8, 4) is 0 Å². The number of benzene rings is 1. The van der Waals surface area contributed by atoms with Gasteiger partial charge in [-0.15, -0.1) is 0 Å². The molecule has 2 nitrogen and oxygen atoms in total. The maximum Gasteiger partial charge on any atom is 0.130 e. The Hall–Kier alpha value is -1.39. The third-order valence-electron chi connectivity index (χ3n) is 2.90. The molecule has 0 spiro atoms. The summed E-state index contributed by atoms with van der Waals surface area (Å²) in [5.41, 5.74) is 8.52. The molecule has 1 aromatic carbocycles. The highest BCUT2D eigenvalue weighted by atomic mass is 32.1. The Labute approximate surface area is 111 Å². The quantitative estimate of drug-likeness (QED) is 0.915. The van der Waals surface area contributed by atoms with Crippen molar-refractivity contribution in [2.45, 2.75) is 19.5 Å². The Kier molecular flexibility index (Phi) is 3.99. The summed E-state index contributed by atoms with van der Waals surface area (Å²) in [7, 11) is 1.96. The lowest BCUT2D eigenvalue weighted by atomic mass is 10.0. The highest BCUT2D eigenvalue weighted by molar-refractivity contribution is 7.07. The minimum absolute atomic E-state index is 0.236. The van der Waals surface area contributed by atoms with Gasteiger partial charge in [0.25, 0.3) is 0 Å². The molecule has 0 radical (unpaired) electrons. The fourth-order valence-electron chi connectivity index (χ4n) is 2.05. The lowest BCUT2D eigenvalue weighted by Gasteiger charge is -2.24. The van der Waals surface area contributed by atoms with Gasteiger partial charge in [0, 0.05) is 30.9 Å². The van der Waals surface area contributed by atoms with Gasteiger partial charge in [-0.25, -0.2) is 4.39 Å². The molecule has 96 valence electrons. The van der Waals surface area contributed by atoms with Crippen LogP contribution in [0, 0.1) is 5.82 Å². The van der Waals surface area contributed by atoms with Gasteiger partial charge in [-0.3, -0.25) is 0 Å². The van der Waals surface area contributed by atoms with E-state index in [-0.39, 0.29) is 11.9 Å². The molecule has 0 aliphatic rings. The molecule has 1 atom stereocenters. The van der Waals surface area contributed by atoms with Gasteiger partial charge < -0.3 is 10.6 Å². The van der Waals surface area contributed by atoms with Crippen molar-refractivity contribution in [1.82, 2.24) is 0 Å². The zero-order valence-corrected chi connectivity index (χ0v) is 11.4. The summed E-state index contributed by atoms with van der Waals surface area (Å²) in [6, 6.07) is 6.85. The number of halogens is 1. The van der Waals surface area contributed by atoms with Crippen LogP contribution in [0.15, 0.2) is 35.0 Å². The first-order valence-corrected chi connectivity index (χ1v) is 6.80. The summed E-state index contributed by atoms with van der Waals surface area (Å²) in [5, 5.41) is 4.14. The minimum atomic E-state index is -0.314. The summed E-state index contributed by atoms with van der Waals surface area (Å²) in [5.74, 6) is -0.236. The van der Waals surface area contributed by atoms with Crippen LogP contribution >= 0.6 is 11.3 Å². The van der Waals surface area contributed by atoms with Crippen molar-refractivity contribution in [3.05, 3.63) is 52.0 Å². The number of hydrogen-bond donors (Lipinski definition) is 1. The number of thiophene rings is 1. The molecule has 0 saturated carbocycles. The molecular weight excluding hydrogens is 247 g/mol. The second kappa shape index (κ2) is 5.50. The van der Waals surface area contributed by atoms with Gasteiger partial charge in [-0.1, -0.05) is 6.07 Å². The number of anilines is 1. The Morgan fingerprint density at radius 3 is 2.78 bits per heavy atom. The van der Waals surface area contributed by atoms with Gasteiger partial charge in [-0.2, -0.15) is 11.3 Å². The average molecular weight is 264 g/mol. The molecule has 2 rings (SSSR count). The smallest absolute Gasteiger partial charge is 0.130 e. The molecule has 0 saturated heterocycles. The fraction of sp³-hybridized carbons (Fsp3) is 0.286. The molecule has 0 fully saturated rings. The highest BCUT2D eigenvalue weighted by Gasteiger charge is 2.15. The Bertz CT molecular complexity index is 509. The van der Waals surface area contributed by atoms with Gasteiger partial charge in [0.1, 0.15) is 5.82 Å². The second-order valence-electron chi connectivity index (χ2n) is 4.45. The average Bonchev–Trinajstić information content (AvgIpc) is 2.80. The van der Waals surface area contributed by atoms with Crippen molar-refractivity contribution in [3.63, 3.8) is 0 Å². The maximum atomic E-state index is 13.8. The summed E-state index contributed by atoms with van der Waals surface area (Å²) in [6.07, 6.45) is 0. The van der Waals surface area contributed by atoms with E-state index in [0.29, 0.717) is 5.56 Å². The molecule has 0 amide bonds. The van der Waals surface area contributed by atoms with E-state index in [9.17, 15) is 4.39 Å². The molecule has 2 N–H and O–H groups in total. The molecular formula is C14H17FN2S. The van der Waals surface area contributed by atoms with Gasteiger partial charge >= 0.3 is 0 Å². The molecule has 0 aliphatic carbocycles. The van der Waals surface area contributed by atoms with Crippen LogP contribution in [0.3, 0.4) is 0 Å². The molecule has 1 aromatic heterocycles. The van der Waals surface area contributed by atoms with Crippen LogP contribution in [-0.4, -0.2) is 7.05 Å². The van der Waals surface area contributed by atoms with Crippen molar-refractivity contribution >= 4 is 17.0 Å². The SMILES string of the molecule is CC(N)c1c(F)cccc1N(C)Cc1ccsc1. The molecule has 0 bridgehead atoms. The van der Waals surface area contributed by atoms with Crippen molar-refractivity contribution in [1.29, 1.82) is 0 Å². The van der Waals surface area contributed by atoms with Crippen LogP contribution in [0.1, 0.15) is 24.1 Å². The number of rotatable bonds is 4. The molecule has 4 heteroatoms. The van der Waals surface area contributed by atoms with Crippen LogP contribution in [0.25, 0.3) is 0 Å². The summed E-state index contributed by atoms with van der Waals surface area (Å²) in [4.78, 5) is 2.03. The van der Waals surface area contributed by atoms with E-state index in [1.807, 2.05) is 23.4 Å². The number of hydrogen-bond acceptors (Lipinski definition) is 3. The van der Waals surface area contributed by atoms with Crippen LogP contribution in [0.5, 0.6) is 0 Å². The topological polar surface area (TPSA) is 29.3 Å². The lowest BCUT2D eigenvalue weighted by molar-refractivity contribution is 0.592. The molecule has 1 heterocycles. The minimum Gasteiger partial charge on any atom is -0.370 e. The zero-order valence-electron chi connectivity index (χ0n) is 10.6. The van der Waals surface area contributed by atoms with E-state index in [4.69, 9.17) is 5.73 Å². The number of nitrogens with two attached hydrogens (primary N) is 1. The Morgan fingerprint density at radius 2 is 2.17 bits per heavy atom. The molecule has 18 heavy (non-hydrogen) atoms. The first-order valence-electron chi connectivity index (χ1n) is 5.86. The maximum absolute atomic E-state index is 13.8. The van der Waals surface area contributed by atoms with Gasteiger partial charge in [0.2, 0.25) is 0 Å². The molecule has 1 unspecified atom stereocenters. The van der Waals surface area contributed by atoms with Crippen LogP contribution < -0.4 is 10.6 Å². The fourth-order valence-corrected chi connectivity index (χ4v) is 2.71. The van der Waals surface area contributed by atoms with E-state index in [0.717, 1.165) is 12.2 Å². The first kappa shape index (κ1) is 13.1. The summed E-state index contributed by atoms with van der Waals surface area (Å²) < 4.78 is 13.8. The third kappa shape index (κ3) is 2.71. The van der Waals surface area contributed by atoms with E-state index in [1.54, 1.807) is 24.3 Å². The highest BCUT2D eigenvalue weighted by Crippen LogP contribution is 2.28. The predicted octanol–water partition coefficient (Wildman–Crippen LogP) is 3.54. The first-order chi connectivity index (χ1) is 8.59. The van der Waals surface area contributed by atoms with Crippen LogP contribution in [-0.2, 0) is 6.54 Å². The van der Waals surface area contributed by atoms with Gasteiger partial charge in [-0.05, 0) is 41.4 Å². The number of nitrogens with zero attached hydrogens (tertiary/aromatic N) is 1. The predicted molar refractivity (Wildman–Crippen MR) is 75.4 cm³/mol. The van der Waals surface area contributed by atoms with Gasteiger partial charge in [0.15, 0.2) is 0 Å². The van der Waals surface area contributed by atoms with E-state index < -0.39 is 0 Å². The van der Waals surface area contributed by atoms with Crippen LogP contribution in [0.4, 0.5) is 10.1 Å². The largest absolute Gasteiger partial charge is 0.370 e. The van der Waals surface area contributed by atoms with Crippen molar-refractivity contribution < 1.29 is 4.39 Å². The van der Waals surface area contributed by atoms with Crippen LogP contribution in [0.2, 0.25) is 0 Å². The lowest BCUT2D eigenvalue weighted by Crippen LogP contribution is -2.20. The van der Waals surface area contributed by atoms with Crippen molar-refractivity contribution in [2.75, 3.05) is 11.9 Å². The molecule has 2 aromatic rings. The molecule has 0 aliphatic heterocycles. The normalized spacial score (nSPS) is 12.4. The second-order valence-corrected chi connectivity index (χ2v) is 5.23. The van der Waals surface area contributed by atoms with E-state index >= 15 is 0 Å². The van der Waals surface area contributed by atoms with Crippen molar-refractivity contribution in [2.24, 2.45) is 5.73 Å². The summed E-state index contributed by atoms with van der Waals surface area (Å²) >= 11 is 1.66. The van der Waals surface area contributed by atoms with Gasteiger partial charge in [0.05, 0.1) is 0 Å².